The summed E-state index contributed by atoms with van der Waals surface area (Å²) >= 11 is 0.850. The molecule has 0 bridgehead atoms. The smallest absolute Gasteiger partial charge is 0.407 e. The van der Waals surface area contributed by atoms with E-state index >= 15 is 0 Å². The highest BCUT2D eigenvalue weighted by atomic mass is 32.2. The van der Waals surface area contributed by atoms with Crippen LogP contribution in [0.4, 0.5) is 9.18 Å². The minimum atomic E-state index is -1.40. The number of carboxylic acid groups (broad SMARTS) is 2. The Labute approximate surface area is 106 Å². The van der Waals surface area contributed by atoms with Crippen LogP contribution in [-0.4, -0.2) is 39.2 Å². The lowest BCUT2D eigenvalue weighted by molar-refractivity contribution is 0.0696. The highest BCUT2D eigenvalue weighted by molar-refractivity contribution is 7.99. The first-order valence-corrected chi connectivity index (χ1v) is 6.00. The van der Waals surface area contributed by atoms with Gasteiger partial charge >= 0.3 is 12.1 Å². The van der Waals surface area contributed by atoms with Gasteiger partial charge < -0.3 is 15.1 Å². The van der Waals surface area contributed by atoms with E-state index in [4.69, 9.17) is 10.2 Å². The van der Waals surface area contributed by atoms with Crippen LogP contribution in [0.5, 0.6) is 0 Å². The lowest BCUT2D eigenvalue weighted by atomic mass is 10.1. The fraction of sp³-hybridized carbons (Fsp3) is 0.273. The number of halogens is 1. The fourth-order valence-electron chi connectivity index (χ4n) is 1.69. The van der Waals surface area contributed by atoms with Gasteiger partial charge in [-0.25, -0.2) is 14.0 Å². The van der Waals surface area contributed by atoms with Crippen LogP contribution in [0, 0.1) is 0 Å². The van der Waals surface area contributed by atoms with Gasteiger partial charge in [-0.05, 0) is 17.7 Å². The van der Waals surface area contributed by atoms with Crippen molar-refractivity contribution < 1.29 is 24.2 Å². The number of hydrogen-bond donors (Lipinski definition) is 2. The molecule has 1 aliphatic heterocycles. The van der Waals surface area contributed by atoms with Crippen LogP contribution >= 0.6 is 11.8 Å². The largest absolute Gasteiger partial charge is 0.478 e. The highest BCUT2D eigenvalue weighted by Gasteiger charge is 2.25. The number of hydrogen-bond acceptors (Lipinski definition) is 3. The van der Waals surface area contributed by atoms with Gasteiger partial charge in [-0.2, -0.15) is 0 Å². The van der Waals surface area contributed by atoms with E-state index in [1.54, 1.807) is 0 Å². The Balaban J connectivity index is 2.37. The van der Waals surface area contributed by atoms with E-state index in [2.05, 4.69) is 0 Å². The normalized spacial score (nSPS) is 18.9. The summed E-state index contributed by atoms with van der Waals surface area (Å²) in [7, 11) is 0. The summed E-state index contributed by atoms with van der Waals surface area (Å²) in [4.78, 5) is 23.2. The maximum atomic E-state index is 13.6. The molecule has 1 heterocycles. The standard InChI is InChI=1S/C11H10FNO4S/c12-9-5-13(11(16)17)4-7-2-1-6(10(14)15)3-8(7)18-9/h1-3,9H,4-5H2,(H,14,15)(H,16,17). The van der Waals surface area contributed by atoms with Gasteiger partial charge in [0.15, 0.2) is 5.50 Å². The number of carbonyl (C=O) groups is 2. The molecule has 0 spiro atoms. The van der Waals surface area contributed by atoms with Gasteiger partial charge in [-0.3, -0.25) is 0 Å². The minimum Gasteiger partial charge on any atom is -0.478 e. The Bertz CT molecular complexity index is 508. The van der Waals surface area contributed by atoms with Gasteiger partial charge in [-0.1, -0.05) is 17.8 Å². The Morgan fingerprint density at radius 2 is 2.11 bits per heavy atom. The molecule has 1 atom stereocenters. The molecule has 1 amide bonds. The maximum Gasteiger partial charge on any atom is 0.407 e. The Morgan fingerprint density at radius 3 is 2.72 bits per heavy atom. The van der Waals surface area contributed by atoms with Crippen molar-refractivity contribution in [3.05, 3.63) is 29.3 Å². The number of amides is 1. The van der Waals surface area contributed by atoms with E-state index in [1.807, 2.05) is 0 Å². The molecular weight excluding hydrogens is 261 g/mol. The van der Waals surface area contributed by atoms with E-state index in [0.29, 0.717) is 10.5 Å². The minimum absolute atomic E-state index is 0.0669. The lowest BCUT2D eigenvalue weighted by Gasteiger charge is -2.17. The molecule has 0 aromatic heterocycles. The molecule has 1 aliphatic rings. The first-order chi connectivity index (χ1) is 8.47. The molecule has 1 aromatic rings. The van der Waals surface area contributed by atoms with Gasteiger partial charge in [0.2, 0.25) is 0 Å². The van der Waals surface area contributed by atoms with Gasteiger partial charge in [-0.15, -0.1) is 0 Å². The average Bonchev–Trinajstić information content (AvgIpc) is 2.45. The Kier molecular flexibility index (Phi) is 3.42. The number of carboxylic acids is 1. The SMILES string of the molecule is O=C(O)c1ccc2c(c1)SC(F)CN(C(=O)O)C2. The van der Waals surface area contributed by atoms with E-state index < -0.39 is 17.6 Å². The van der Waals surface area contributed by atoms with Crippen LogP contribution < -0.4 is 0 Å². The molecule has 0 radical (unpaired) electrons. The fourth-order valence-corrected chi connectivity index (χ4v) is 2.70. The Hall–Kier alpha value is -1.76. The number of alkyl halides is 1. The van der Waals surface area contributed by atoms with Crippen LogP contribution in [-0.2, 0) is 6.54 Å². The van der Waals surface area contributed by atoms with Crippen molar-refractivity contribution in [2.45, 2.75) is 16.9 Å². The van der Waals surface area contributed by atoms with Gasteiger partial charge in [0.05, 0.1) is 18.7 Å². The zero-order valence-electron chi connectivity index (χ0n) is 9.17. The van der Waals surface area contributed by atoms with Crippen molar-refractivity contribution in [3.63, 3.8) is 0 Å². The van der Waals surface area contributed by atoms with Crippen LogP contribution in [0.1, 0.15) is 15.9 Å². The molecule has 96 valence electrons. The molecule has 0 fully saturated rings. The number of rotatable bonds is 1. The zero-order chi connectivity index (χ0) is 13.3. The third-order valence-corrected chi connectivity index (χ3v) is 3.60. The molecule has 0 aliphatic carbocycles. The monoisotopic (exact) mass is 271 g/mol. The molecule has 2 N–H and O–H groups in total. The van der Waals surface area contributed by atoms with Crippen LogP contribution in [0.3, 0.4) is 0 Å². The number of benzene rings is 1. The van der Waals surface area contributed by atoms with Crippen molar-refractivity contribution in [1.82, 2.24) is 4.90 Å². The molecule has 0 saturated carbocycles. The Morgan fingerprint density at radius 1 is 1.39 bits per heavy atom. The maximum absolute atomic E-state index is 13.6. The predicted octanol–water partition coefficient (Wildman–Crippen LogP) is 2.27. The second-order valence-corrected chi connectivity index (χ2v) is 5.01. The van der Waals surface area contributed by atoms with Gasteiger partial charge in [0.1, 0.15) is 0 Å². The third kappa shape index (κ3) is 2.56. The van der Waals surface area contributed by atoms with Crippen molar-refractivity contribution >= 4 is 23.8 Å². The van der Waals surface area contributed by atoms with Crippen molar-refractivity contribution in [2.75, 3.05) is 6.54 Å². The van der Waals surface area contributed by atoms with E-state index in [-0.39, 0.29) is 18.7 Å². The van der Waals surface area contributed by atoms with Crippen molar-refractivity contribution in [2.24, 2.45) is 0 Å². The summed E-state index contributed by atoms with van der Waals surface area (Å²) in [5.41, 5.74) is -0.712. The molecule has 1 aromatic carbocycles. The van der Waals surface area contributed by atoms with Gasteiger partial charge in [0.25, 0.3) is 0 Å². The molecule has 2 rings (SSSR count). The van der Waals surface area contributed by atoms with Crippen LogP contribution in [0.15, 0.2) is 23.1 Å². The molecule has 5 nitrogen and oxygen atoms in total. The van der Waals surface area contributed by atoms with E-state index in [1.165, 1.54) is 18.2 Å². The highest BCUT2D eigenvalue weighted by Crippen LogP contribution is 2.33. The number of nitrogens with zero attached hydrogens (tertiary/aromatic N) is 1. The average molecular weight is 271 g/mol. The summed E-state index contributed by atoms with van der Waals surface area (Å²) in [5.74, 6) is -1.09. The first kappa shape index (κ1) is 12.7. The summed E-state index contributed by atoms with van der Waals surface area (Å²) in [6.45, 7) is -0.158. The summed E-state index contributed by atoms with van der Waals surface area (Å²) in [6.07, 6.45) is -1.19. The van der Waals surface area contributed by atoms with E-state index in [9.17, 15) is 14.0 Å². The van der Waals surface area contributed by atoms with Crippen molar-refractivity contribution in [1.29, 1.82) is 0 Å². The second kappa shape index (κ2) is 4.85. The zero-order valence-corrected chi connectivity index (χ0v) is 9.98. The van der Waals surface area contributed by atoms with Crippen LogP contribution in [0.2, 0.25) is 0 Å². The summed E-state index contributed by atoms with van der Waals surface area (Å²) < 4.78 is 13.6. The molecule has 1 unspecified atom stereocenters. The van der Waals surface area contributed by atoms with Crippen LogP contribution in [0.25, 0.3) is 0 Å². The number of fused-ring (bicyclic) bond motifs is 1. The first-order valence-electron chi connectivity index (χ1n) is 5.12. The summed E-state index contributed by atoms with van der Waals surface area (Å²) in [5, 5.41) is 17.8. The van der Waals surface area contributed by atoms with Gasteiger partial charge in [0, 0.05) is 4.90 Å². The quantitative estimate of drug-likeness (QED) is 0.819. The molecule has 18 heavy (non-hydrogen) atoms. The third-order valence-electron chi connectivity index (χ3n) is 2.56. The number of thioether (sulfide) groups is 1. The molecule has 7 heteroatoms. The topological polar surface area (TPSA) is 77.8 Å². The number of aromatic carboxylic acids is 1. The molecule has 0 saturated heterocycles. The second-order valence-electron chi connectivity index (χ2n) is 3.82. The summed E-state index contributed by atoms with van der Waals surface area (Å²) in [6, 6.07) is 4.29. The van der Waals surface area contributed by atoms with Crippen molar-refractivity contribution in [3.8, 4) is 0 Å². The predicted molar refractivity (Wildman–Crippen MR) is 62.6 cm³/mol. The van der Waals surface area contributed by atoms with E-state index in [0.717, 1.165) is 16.7 Å². The molecular formula is C11H10FNO4S. The lowest BCUT2D eigenvalue weighted by Crippen LogP contribution is -2.32.